The van der Waals surface area contributed by atoms with Gasteiger partial charge in [0.25, 0.3) is 5.91 Å². The molecular formula is C21H17ClN2O2. The van der Waals surface area contributed by atoms with Crippen molar-refractivity contribution in [3.8, 4) is 11.8 Å². The SMILES string of the molecule is N#C/C(=C/C1=Cc2cc(Cl)ccc2OC1)C(=O)NCCc1ccccc1. The average Bonchev–Trinajstić information content (AvgIpc) is 2.66. The van der Waals surface area contributed by atoms with E-state index in [0.29, 0.717) is 24.6 Å². The summed E-state index contributed by atoms with van der Waals surface area (Å²) in [5, 5.41) is 12.7. The van der Waals surface area contributed by atoms with Crippen LogP contribution in [-0.4, -0.2) is 19.1 Å². The normalized spacial score (nSPS) is 13.1. The number of nitrogens with zero attached hydrogens (tertiary/aromatic N) is 1. The molecule has 26 heavy (non-hydrogen) atoms. The number of nitrogens with one attached hydrogen (secondary N) is 1. The molecule has 1 aliphatic rings. The molecule has 0 fully saturated rings. The molecule has 1 aliphatic heterocycles. The van der Waals surface area contributed by atoms with Gasteiger partial charge in [0.15, 0.2) is 0 Å². The quantitative estimate of drug-likeness (QED) is 0.646. The molecule has 130 valence electrons. The van der Waals surface area contributed by atoms with Crippen LogP contribution in [0.3, 0.4) is 0 Å². The molecule has 0 aromatic heterocycles. The fraction of sp³-hybridized carbons (Fsp3) is 0.143. The van der Waals surface area contributed by atoms with E-state index in [1.807, 2.05) is 42.5 Å². The molecule has 0 unspecified atom stereocenters. The molecule has 0 radical (unpaired) electrons. The molecule has 0 spiro atoms. The highest BCUT2D eigenvalue weighted by Crippen LogP contribution is 2.29. The summed E-state index contributed by atoms with van der Waals surface area (Å²) >= 11 is 6.00. The van der Waals surface area contributed by atoms with Crippen LogP contribution in [0.25, 0.3) is 6.08 Å². The molecule has 4 nitrogen and oxygen atoms in total. The van der Waals surface area contributed by atoms with Crippen LogP contribution in [0.1, 0.15) is 11.1 Å². The van der Waals surface area contributed by atoms with E-state index in [4.69, 9.17) is 16.3 Å². The molecule has 1 amide bonds. The number of nitriles is 1. The molecule has 2 aromatic carbocycles. The van der Waals surface area contributed by atoms with Crippen molar-refractivity contribution in [2.45, 2.75) is 6.42 Å². The Morgan fingerprint density at radius 2 is 2.08 bits per heavy atom. The third-order valence-electron chi connectivity index (χ3n) is 3.94. The summed E-state index contributed by atoms with van der Waals surface area (Å²) in [6.07, 6.45) is 4.14. The summed E-state index contributed by atoms with van der Waals surface area (Å²) in [4.78, 5) is 12.2. The fourth-order valence-corrected chi connectivity index (χ4v) is 2.82. The molecule has 0 saturated heterocycles. The van der Waals surface area contributed by atoms with Gasteiger partial charge >= 0.3 is 0 Å². The third-order valence-corrected chi connectivity index (χ3v) is 4.18. The average molecular weight is 365 g/mol. The Bertz CT molecular complexity index is 911. The second-order valence-corrected chi connectivity index (χ2v) is 6.29. The molecular weight excluding hydrogens is 348 g/mol. The minimum Gasteiger partial charge on any atom is -0.488 e. The monoisotopic (exact) mass is 364 g/mol. The van der Waals surface area contributed by atoms with Gasteiger partial charge in [0.1, 0.15) is 24.0 Å². The summed E-state index contributed by atoms with van der Waals surface area (Å²) in [7, 11) is 0. The summed E-state index contributed by atoms with van der Waals surface area (Å²) in [6, 6.07) is 17.2. The molecule has 1 heterocycles. The third kappa shape index (κ3) is 4.53. The second kappa shape index (κ2) is 8.37. The van der Waals surface area contributed by atoms with Crippen molar-refractivity contribution in [1.29, 1.82) is 5.26 Å². The summed E-state index contributed by atoms with van der Waals surface area (Å²) in [6.45, 7) is 0.771. The predicted octanol–water partition coefficient (Wildman–Crippen LogP) is 3.92. The van der Waals surface area contributed by atoms with E-state index in [0.717, 1.165) is 22.4 Å². The van der Waals surface area contributed by atoms with Crippen LogP contribution in [-0.2, 0) is 11.2 Å². The van der Waals surface area contributed by atoms with Crippen LogP contribution in [0.4, 0.5) is 0 Å². The highest BCUT2D eigenvalue weighted by Gasteiger charge is 2.14. The van der Waals surface area contributed by atoms with Gasteiger partial charge in [0, 0.05) is 17.1 Å². The largest absolute Gasteiger partial charge is 0.488 e. The van der Waals surface area contributed by atoms with Crippen molar-refractivity contribution in [2.75, 3.05) is 13.2 Å². The molecule has 0 saturated carbocycles. The van der Waals surface area contributed by atoms with Gasteiger partial charge in [0.05, 0.1) is 0 Å². The summed E-state index contributed by atoms with van der Waals surface area (Å²) < 4.78 is 5.64. The molecule has 2 aromatic rings. The first kappa shape index (κ1) is 17.8. The second-order valence-electron chi connectivity index (χ2n) is 5.85. The number of carbonyl (C=O) groups is 1. The van der Waals surface area contributed by atoms with Gasteiger partial charge in [-0.3, -0.25) is 4.79 Å². The lowest BCUT2D eigenvalue weighted by atomic mass is 10.0. The summed E-state index contributed by atoms with van der Waals surface area (Å²) in [5.74, 6) is 0.346. The first-order valence-electron chi connectivity index (χ1n) is 8.22. The van der Waals surface area contributed by atoms with Crippen LogP contribution in [0.15, 0.2) is 65.8 Å². The Balaban J connectivity index is 1.66. The van der Waals surface area contributed by atoms with E-state index in [1.54, 1.807) is 24.3 Å². The molecule has 0 bridgehead atoms. The highest BCUT2D eigenvalue weighted by molar-refractivity contribution is 6.30. The Morgan fingerprint density at radius 1 is 1.27 bits per heavy atom. The van der Waals surface area contributed by atoms with Crippen LogP contribution in [0, 0.1) is 11.3 Å². The van der Waals surface area contributed by atoms with Gasteiger partial charge in [-0.05, 0) is 47.9 Å². The van der Waals surface area contributed by atoms with Gasteiger partial charge < -0.3 is 10.1 Å². The number of ether oxygens (including phenoxy) is 1. The highest BCUT2D eigenvalue weighted by atomic mass is 35.5. The molecule has 3 rings (SSSR count). The zero-order valence-electron chi connectivity index (χ0n) is 14.0. The van der Waals surface area contributed by atoms with E-state index in [2.05, 4.69) is 5.32 Å². The number of hydrogen-bond donors (Lipinski definition) is 1. The van der Waals surface area contributed by atoms with Crippen LogP contribution in [0.2, 0.25) is 5.02 Å². The van der Waals surface area contributed by atoms with E-state index in [-0.39, 0.29) is 11.5 Å². The minimum atomic E-state index is -0.388. The van der Waals surface area contributed by atoms with Crippen molar-refractivity contribution in [3.05, 3.63) is 81.9 Å². The molecule has 1 N–H and O–H groups in total. The maximum atomic E-state index is 12.2. The lowest BCUT2D eigenvalue weighted by Crippen LogP contribution is -2.27. The van der Waals surface area contributed by atoms with E-state index >= 15 is 0 Å². The zero-order chi connectivity index (χ0) is 18.4. The maximum absolute atomic E-state index is 12.2. The number of carbonyl (C=O) groups excluding carboxylic acids is 1. The van der Waals surface area contributed by atoms with E-state index in [1.165, 1.54) is 0 Å². The standard InChI is InChI=1S/C21H17ClN2O2/c22-19-6-7-20-17(12-19)10-16(14-26-20)11-18(13-23)21(25)24-9-8-15-4-2-1-3-5-15/h1-7,10-12H,8-9,14H2,(H,24,25)/b18-11-. The Morgan fingerprint density at radius 3 is 2.85 bits per heavy atom. The van der Waals surface area contributed by atoms with E-state index < -0.39 is 0 Å². The number of halogens is 1. The lowest BCUT2D eigenvalue weighted by Gasteiger charge is -2.16. The van der Waals surface area contributed by atoms with Gasteiger partial charge in [-0.15, -0.1) is 0 Å². The van der Waals surface area contributed by atoms with Gasteiger partial charge in [-0.2, -0.15) is 5.26 Å². The fourth-order valence-electron chi connectivity index (χ4n) is 2.64. The van der Waals surface area contributed by atoms with Gasteiger partial charge in [0.2, 0.25) is 0 Å². The molecule has 0 atom stereocenters. The minimum absolute atomic E-state index is 0.0541. The predicted molar refractivity (Wildman–Crippen MR) is 102 cm³/mol. The Labute approximate surface area is 157 Å². The van der Waals surface area contributed by atoms with Crippen molar-refractivity contribution in [1.82, 2.24) is 5.32 Å². The maximum Gasteiger partial charge on any atom is 0.261 e. The van der Waals surface area contributed by atoms with Gasteiger partial charge in [-0.25, -0.2) is 0 Å². The van der Waals surface area contributed by atoms with Crippen LogP contribution in [0.5, 0.6) is 5.75 Å². The number of hydrogen-bond acceptors (Lipinski definition) is 3. The Kier molecular flexibility index (Phi) is 5.73. The van der Waals surface area contributed by atoms with Crippen LogP contribution >= 0.6 is 11.6 Å². The number of benzene rings is 2. The summed E-state index contributed by atoms with van der Waals surface area (Å²) in [5.41, 5.74) is 2.76. The zero-order valence-corrected chi connectivity index (χ0v) is 14.8. The number of rotatable bonds is 5. The Hall–Kier alpha value is -3.03. The lowest BCUT2D eigenvalue weighted by molar-refractivity contribution is -0.117. The molecule has 0 aliphatic carbocycles. The van der Waals surface area contributed by atoms with Crippen molar-refractivity contribution in [2.24, 2.45) is 0 Å². The van der Waals surface area contributed by atoms with Crippen molar-refractivity contribution in [3.63, 3.8) is 0 Å². The van der Waals surface area contributed by atoms with Crippen molar-refractivity contribution >= 4 is 23.6 Å². The number of amides is 1. The smallest absolute Gasteiger partial charge is 0.261 e. The first-order chi connectivity index (χ1) is 12.7. The van der Waals surface area contributed by atoms with Gasteiger partial charge in [-0.1, -0.05) is 41.9 Å². The van der Waals surface area contributed by atoms with Crippen LogP contribution < -0.4 is 10.1 Å². The topological polar surface area (TPSA) is 62.1 Å². The first-order valence-corrected chi connectivity index (χ1v) is 8.60. The number of fused-ring (bicyclic) bond motifs is 1. The van der Waals surface area contributed by atoms with Crippen molar-refractivity contribution < 1.29 is 9.53 Å². The van der Waals surface area contributed by atoms with E-state index in [9.17, 15) is 10.1 Å². The molecule has 5 heteroatoms.